The molecule has 0 saturated carbocycles. The number of nitrogens with zero attached hydrogens (tertiary/aromatic N) is 4. The lowest BCUT2D eigenvalue weighted by atomic mass is 9.84. The number of aliphatic hydroxyl groups is 1. The molecule has 4 rings (SSSR count). The van der Waals surface area contributed by atoms with E-state index in [9.17, 15) is 20.0 Å². The largest absolute Gasteiger partial charge is 0.385 e. The van der Waals surface area contributed by atoms with E-state index in [1.54, 1.807) is 28.6 Å². The molecule has 0 radical (unpaired) electrons. The van der Waals surface area contributed by atoms with Crippen LogP contribution in [0.1, 0.15) is 80.1 Å². The van der Waals surface area contributed by atoms with E-state index in [0.29, 0.717) is 46.6 Å². The Labute approximate surface area is 235 Å². The van der Waals surface area contributed by atoms with Gasteiger partial charge in [-0.05, 0) is 56.9 Å². The third kappa shape index (κ3) is 5.33. The monoisotopic (exact) mass is 539 g/mol. The smallest absolute Gasteiger partial charge is 0.256 e. The Balaban J connectivity index is 1.93. The van der Waals surface area contributed by atoms with Crippen molar-refractivity contribution >= 4 is 22.6 Å². The van der Waals surface area contributed by atoms with Gasteiger partial charge in [0.2, 0.25) is 5.91 Å². The Morgan fingerprint density at radius 3 is 2.48 bits per heavy atom. The molecule has 0 spiro atoms. The van der Waals surface area contributed by atoms with Gasteiger partial charge < -0.3 is 19.9 Å². The second kappa shape index (κ2) is 11.2. The lowest BCUT2D eigenvalue weighted by Crippen LogP contribution is -2.47. The number of fused-ring (bicyclic) bond motifs is 1. The van der Waals surface area contributed by atoms with Crippen LogP contribution in [0.3, 0.4) is 0 Å². The molecule has 1 unspecified atom stereocenters. The number of rotatable bonds is 4. The van der Waals surface area contributed by atoms with Crippen LogP contribution >= 0.6 is 0 Å². The van der Waals surface area contributed by atoms with Crippen molar-refractivity contribution < 1.29 is 9.90 Å². The van der Waals surface area contributed by atoms with E-state index < -0.39 is 5.60 Å². The van der Waals surface area contributed by atoms with Crippen molar-refractivity contribution in [1.29, 1.82) is 5.26 Å². The molecule has 0 aliphatic carbocycles. The molecule has 1 amide bonds. The lowest BCUT2D eigenvalue weighted by molar-refractivity contribution is -0.133. The zero-order valence-corrected chi connectivity index (χ0v) is 24.3. The van der Waals surface area contributed by atoms with Crippen molar-refractivity contribution in [3.8, 4) is 17.9 Å². The van der Waals surface area contributed by atoms with E-state index in [2.05, 4.69) is 23.2 Å². The third-order valence-corrected chi connectivity index (χ3v) is 7.89. The van der Waals surface area contributed by atoms with Crippen LogP contribution in [0.5, 0.6) is 0 Å². The van der Waals surface area contributed by atoms with Crippen molar-refractivity contribution in [3.05, 3.63) is 68.1 Å². The summed E-state index contributed by atoms with van der Waals surface area (Å²) in [7, 11) is 1.70. The van der Waals surface area contributed by atoms with E-state index in [4.69, 9.17) is 4.98 Å². The number of benzene rings is 1. The van der Waals surface area contributed by atoms with E-state index in [1.807, 2.05) is 46.8 Å². The first-order valence-electron chi connectivity index (χ1n) is 13.7. The quantitative estimate of drug-likeness (QED) is 0.475. The average Bonchev–Trinajstić information content (AvgIpc) is 2.90. The second-order valence-corrected chi connectivity index (χ2v) is 11.1. The third-order valence-electron chi connectivity index (χ3n) is 7.89. The molecule has 1 aliphatic rings. The van der Waals surface area contributed by atoms with Crippen LogP contribution in [0, 0.1) is 42.9 Å². The number of amides is 1. The normalized spacial score (nSPS) is 15.3. The van der Waals surface area contributed by atoms with Crippen LogP contribution in [0.15, 0.2) is 29.1 Å². The first kappa shape index (κ1) is 28.9. The molecule has 1 saturated heterocycles. The van der Waals surface area contributed by atoms with Gasteiger partial charge in [-0.3, -0.25) is 9.59 Å². The average molecular weight is 540 g/mol. The summed E-state index contributed by atoms with van der Waals surface area (Å²) in [5.41, 5.74) is 3.12. The number of piperidine rings is 1. The van der Waals surface area contributed by atoms with E-state index in [0.717, 1.165) is 11.1 Å². The van der Waals surface area contributed by atoms with Crippen molar-refractivity contribution in [3.63, 3.8) is 0 Å². The highest BCUT2D eigenvalue weighted by atomic mass is 16.3. The molecule has 8 nitrogen and oxygen atoms in total. The van der Waals surface area contributed by atoms with Gasteiger partial charge in [0, 0.05) is 43.9 Å². The molecule has 8 heteroatoms. The molecule has 1 aromatic carbocycles. The maximum atomic E-state index is 13.8. The van der Waals surface area contributed by atoms with Crippen molar-refractivity contribution in [2.75, 3.05) is 18.4 Å². The Morgan fingerprint density at radius 2 is 1.88 bits per heavy atom. The highest BCUT2D eigenvalue weighted by molar-refractivity contribution is 5.95. The SMILES string of the molecule is CC(=O)N1CCC(O)(c2cc3c(NC(C)c4cccc(C#N)c4C)nc(C)c(C#CC(C)C)c3n(C)c2=O)CC1. The Morgan fingerprint density at radius 1 is 1.20 bits per heavy atom. The Hall–Kier alpha value is -4.14. The molecular weight excluding hydrogens is 502 g/mol. The summed E-state index contributed by atoms with van der Waals surface area (Å²) in [6, 6.07) is 9.45. The standard InChI is InChI=1S/C32H37N5O3/c1-19(2)11-12-26-22(5)35-30(34-21(4)25-10-8-9-24(18-33)20(25)3)27-17-28(31(39)36(7)29(26)27)32(40)13-15-37(16-14-32)23(6)38/h8-10,17,19,21,40H,13-16H2,1-7H3,(H,34,35). The number of carbonyl (C=O) groups is 1. The molecule has 40 heavy (non-hydrogen) atoms. The maximum absolute atomic E-state index is 13.8. The molecule has 3 heterocycles. The number of nitrogens with one attached hydrogen (secondary N) is 1. The van der Waals surface area contributed by atoms with Gasteiger partial charge in [-0.1, -0.05) is 37.8 Å². The molecule has 2 N–H and O–H groups in total. The zero-order valence-electron chi connectivity index (χ0n) is 24.3. The van der Waals surface area contributed by atoms with Gasteiger partial charge in [-0.15, -0.1) is 0 Å². The predicted octanol–water partition coefficient (Wildman–Crippen LogP) is 4.43. The number of hydrogen-bond donors (Lipinski definition) is 2. The lowest BCUT2D eigenvalue weighted by Gasteiger charge is -2.38. The van der Waals surface area contributed by atoms with Crippen LogP contribution in [0.4, 0.5) is 5.82 Å². The maximum Gasteiger partial charge on any atom is 0.256 e. The van der Waals surface area contributed by atoms with Gasteiger partial charge in [0.25, 0.3) is 5.56 Å². The fourth-order valence-corrected chi connectivity index (χ4v) is 5.47. The van der Waals surface area contributed by atoms with Crippen molar-refractivity contribution in [2.45, 2.75) is 66.0 Å². The molecular formula is C32H37N5O3. The number of likely N-dealkylation sites (tertiary alicyclic amines) is 1. The summed E-state index contributed by atoms with van der Waals surface area (Å²) >= 11 is 0. The molecule has 208 valence electrons. The molecule has 1 fully saturated rings. The van der Waals surface area contributed by atoms with Crippen molar-refractivity contribution in [1.82, 2.24) is 14.5 Å². The van der Waals surface area contributed by atoms with E-state index in [-0.39, 0.29) is 41.8 Å². The van der Waals surface area contributed by atoms with Gasteiger partial charge in [0.05, 0.1) is 40.0 Å². The summed E-state index contributed by atoms with van der Waals surface area (Å²) in [4.78, 5) is 32.3. The van der Waals surface area contributed by atoms with Gasteiger partial charge in [-0.25, -0.2) is 4.98 Å². The molecule has 0 bridgehead atoms. The van der Waals surface area contributed by atoms with Gasteiger partial charge in [0.15, 0.2) is 0 Å². The molecule has 2 aromatic heterocycles. The first-order valence-corrected chi connectivity index (χ1v) is 13.7. The highest BCUT2D eigenvalue weighted by Gasteiger charge is 2.38. The van der Waals surface area contributed by atoms with Crippen molar-refractivity contribution in [2.24, 2.45) is 13.0 Å². The van der Waals surface area contributed by atoms with Crippen LogP contribution in [0.2, 0.25) is 0 Å². The number of aryl methyl sites for hydroxylation is 2. The van der Waals surface area contributed by atoms with Crippen LogP contribution in [-0.2, 0) is 17.4 Å². The summed E-state index contributed by atoms with van der Waals surface area (Å²) < 4.78 is 1.57. The molecule has 1 atom stereocenters. The summed E-state index contributed by atoms with van der Waals surface area (Å²) in [5.74, 6) is 7.10. The fourth-order valence-electron chi connectivity index (χ4n) is 5.47. The second-order valence-electron chi connectivity index (χ2n) is 11.1. The number of pyridine rings is 2. The predicted molar refractivity (Wildman–Crippen MR) is 157 cm³/mol. The summed E-state index contributed by atoms with van der Waals surface area (Å²) in [6.07, 6.45) is 0.540. The minimum atomic E-state index is -1.37. The molecule has 3 aromatic rings. The minimum Gasteiger partial charge on any atom is -0.385 e. The van der Waals surface area contributed by atoms with Crippen LogP contribution < -0.4 is 10.9 Å². The molecule has 1 aliphatic heterocycles. The number of hydrogen-bond acceptors (Lipinski definition) is 6. The number of nitriles is 1. The summed E-state index contributed by atoms with van der Waals surface area (Å²) in [6.45, 7) is 12.1. The number of aromatic nitrogens is 2. The first-order chi connectivity index (χ1) is 18.9. The summed E-state index contributed by atoms with van der Waals surface area (Å²) in [5, 5.41) is 25.4. The zero-order chi connectivity index (χ0) is 29.4. The topological polar surface area (TPSA) is 111 Å². The fraction of sp³-hybridized carbons (Fsp3) is 0.438. The highest BCUT2D eigenvalue weighted by Crippen LogP contribution is 2.36. The van der Waals surface area contributed by atoms with Crippen LogP contribution in [-0.4, -0.2) is 38.6 Å². The van der Waals surface area contributed by atoms with Crippen LogP contribution in [0.25, 0.3) is 10.9 Å². The number of carbonyl (C=O) groups excluding carboxylic acids is 1. The Kier molecular flexibility index (Phi) is 8.05. The van der Waals surface area contributed by atoms with Gasteiger partial charge >= 0.3 is 0 Å². The Bertz CT molecular complexity index is 1640. The van der Waals surface area contributed by atoms with E-state index in [1.165, 1.54) is 6.92 Å². The number of anilines is 1. The van der Waals surface area contributed by atoms with E-state index >= 15 is 0 Å². The minimum absolute atomic E-state index is 0.0438. The van der Waals surface area contributed by atoms with Gasteiger partial charge in [0.1, 0.15) is 5.82 Å². The van der Waals surface area contributed by atoms with Gasteiger partial charge in [-0.2, -0.15) is 5.26 Å².